The second kappa shape index (κ2) is 24.0. The highest BCUT2D eigenvalue weighted by Gasteiger charge is 2.55. The molecule has 10 atom stereocenters. The number of fused-ring (bicyclic) bond motifs is 1. The fourth-order valence-electron chi connectivity index (χ4n) is 7.62. The van der Waals surface area contributed by atoms with E-state index in [0.717, 1.165) is 93.5 Å². The summed E-state index contributed by atoms with van der Waals surface area (Å²) in [5.41, 5.74) is -1.75. The van der Waals surface area contributed by atoms with E-state index in [0.29, 0.717) is 0 Å². The number of esters is 10. The molecule has 0 N–H and O–H groups in total. The predicted molar refractivity (Wildman–Crippen MR) is 236 cm³/mol. The van der Waals surface area contributed by atoms with Gasteiger partial charge in [0, 0.05) is 86.9 Å². The number of carbonyl (C=O) groups excluding carboxylic acids is 10. The molecule has 394 valence electrons. The molecule has 5 rings (SSSR count). The highest BCUT2D eigenvalue weighted by atomic mass is 16.8. The quantitative estimate of drug-likeness (QED) is 0.113. The van der Waals surface area contributed by atoms with E-state index in [1.165, 1.54) is 13.0 Å². The van der Waals surface area contributed by atoms with Crippen molar-refractivity contribution in [2.45, 2.75) is 138 Å². The average molecular weight is 1030 g/mol. The number of hydrogen-bond acceptors (Lipinski definition) is 26. The van der Waals surface area contributed by atoms with E-state index in [1.54, 1.807) is 0 Å². The minimum Gasteiger partial charge on any atom is -0.456 e. The first kappa shape index (κ1) is 56.0. The van der Waals surface area contributed by atoms with Crippen LogP contribution in [0.4, 0.5) is 0 Å². The summed E-state index contributed by atoms with van der Waals surface area (Å²) < 4.78 is 85.2. The Morgan fingerprint density at radius 1 is 0.479 bits per heavy atom. The van der Waals surface area contributed by atoms with Gasteiger partial charge in [-0.1, -0.05) is 0 Å². The number of carbonyl (C=O) groups is 10. The lowest BCUT2D eigenvalue weighted by molar-refractivity contribution is -0.323. The van der Waals surface area contributed by atoms with Gasteiger partial charge in [0.25, 0.3) is 0 Å². The van der Waals surface area contributed by atoms with E-state index in [9.17, 15) is 47.9 Å². The molecular formula is C47H50O26. The number of hydrogen-bond donors (Lipinski definition) is 0. The maximum absolute atomic E-state index is 15.1. The number of ether oxygens (including phenoxy) is 14. The van der Waals surface area contributed by atoms with Crippen molar-refractivity contribution in [3.8, 4) is 40.1 Å². The van der Waals surface area contributed by atoms with E-state index < -0.39 is 161 Å². The van der Waals surface area contributed by atoms with Gasteiger partial charge in [-0.3, -0.25) is 52.7 Å². The SMILES string of the molecule is CC(=O)Oc1cc(OC(C)=O)c2c(=O)c(O[C@H]3O[C@@H](CO[C@H]4O[C@@H](C)[C@H](OC(C)=O)[C@@H](OC(C)=O)[C@H]4OC(C)=O)[C@H](OC(C)=O)[C@@H](OC(C)=O)[C@@H]3OC(C)=O)c(-c3ccc(OC(C)=O)c(OC(C)=O)c3)oc2c1. The van der Waals surface area contributed by atoms with E-state index in [-0.39, 0.29) is 22.8 Å². The first-order valence-corrected chi connectivity index (χ1v) is 21.9. The van der Waals surface area contributed by atoms with Gasteiger partial charge in [-0.25, -0.2) is 0 Å². The van der Waals surface area contributed by atoms with Crippen LogP contribution >= 0.6 is 0 Å². The van der Waals surface area contributed by atoms with Crippen LogP contribution in [0.2, 0.25) is 0 Å². The normalized spacial score (nSPS) is 23.3. The molecule has 3 heterocycles. The molecule has 0 bridgehead atoms. The van der Waals surface area contributed by atoms with Crippen LogP contribution < -0.4 is 29.1 Å². The molecule has 0 amide bonds. The summed E-state index contributed by atoms with van der Waals surface area (Å²) in [5.74, 6) is -12.1. The fraction of sp³-hybridized carbons (Fsp3) is 0.468. The lowest BCUT2D eigenvalue weighted by Crippen LogP contribution is -2.65. The summed E-state index contributed by atoms with van der Waals surface area (Å²) >= 11 is 0. The molecule has 0 saturated carbocycles. The van der Waals surface area contributed by atoms with Crippen LogP contribution in [0, 0.1) is 0 Å². The average Bonchev–Trinajstić information content (AvgIpc) is 3.24. The summed E-state index contributed by atoms with van der Waals surface area (Å²) in [6.45, 7) is 10.8. The van der Waals surface area contributed by atoms with Crippen molar-refractivity contribution >= 4 is 70.7 Å². The Balaban J connectivity index is 1.76. The Morgan fingerprint density at radius 2 is 0.945 bits per heavy atom. The summed E-state index contributed by atoms with van der Waals surface area (Å²) in [6, 6.07) is 5.59. The van der Waals surface area contributed by atoms with Crippen LogP contribution in [0.25, 0.3) is 22.3 Å². The van der Waals surface area contributed by atoms with Crippen molar-refractivity contribution in [3.05, 3.63) is 40.6 Å². The third-order valence-electron chi connectivity index (χ3n) is 9.91. The van der Waals surface area contributed by atoms with E-state index >= 15 is 4.79 Å². The summed E-state index contributed by atoms with van der Waals surface area (Å²) in [7, 11) is 0. The predicted octanol–water partition coefficient (Wildman–Crippen LogP) is 2.62. The highest BCUT2D eigenvalue weighted by molar-refractivity contribution is 5.91. The summed E-state index contributed by atoms with van der Waals surface area (Å²) in [6.07, 6.45) is -16.9. The monoisotopic (exact) mass is 1030 g/mol. The van der Waals surface area contributed by atoms with E-state index in [1.807, 2.05) is 0 Å². The maximum Gasteiger partial charge on any atom is 0.308 e. The molecule has 0 unspecified atom stereocenters. The van der Waals surface area contributed by atoms with Gasteiger partial charge in [0.1, 0.15) is 28.6 Å². The van der Waals surface area contributed by atoms with Crippen molar-refractivity contribution in [2.24, 2.45) is 0 Å². The zero-order valence-electron chi connectivity index (χ0n) is 41.0. The lowest BCUT2D eigenvalue weighted by Gasteiger charge is -2.46. The molecule has 2 aliphatic heterocycles. The zero-order valence-corrected chi connectivity index (χ0v) is 41.0. The molecule has 1 aromatic heterocycles. The van der Waals surface area contributed by atoms with Crippen molar-refractivity contribution in [2.75, 3.05) is 6.61 Å². The third kappa shape index (κ3) is 14.6. The van der Waals surface area contributed by atoms with Crippen molar-refractivity contribution in [1.82, 2.24) is 0 Å². The van der Waals surface area contributed by atoms with Gasteiger partial charge >= 0.3 is 59.7 Å². The van der Waals surface area contributed by atoms with Gasteiger partial charge in [-0.15, -0.1) is 0 Å². The summed E-state index contributed by atoms with van der Waals surface area (Å²) in [4.78, 5) is 139. The number of benzene rings is 2. The first-order chi connectivity index (χ1) is 34.2. The molecule has 2 saturated heterocycles. The second-order valence-corrected chi connectivity index (χ2v) is 16.1. The molecule has 2 aliphatic rings. The molecule has 26 nitrogen and oxygen atoms in total. The highest BCUT2D eigenvalue weighted by Crippen LogP contribution is 2.42. The van der Waals surface area contributed by atoms with Gasteiger partial charge in [-0.05, 0) is 25.1 Å². The smallest absolute Gasteiger partial charge is 0.308 e. The Labute approximate surface area is 413 Å². The van der Waals surface area contributed by atoms with E-state index in [4.69, 9.17) is 70.7 Å². The Bertz CT molecular complexity index is 2740. The van der Waals surface area contributed by atoms with E-state index in [2.05, 4.69) is 0 Å². The molecule has 0 radical (unpaired) electrons. The van der Waals surface area contributed by atoms with Gasteiger partial charge in [0.05, 0.1) is 12.7 Å². The van der Waals surface area contributed by atoms with Gasteiger partial charge in [-0.2, -0.15) is 0 Å². The summed E-state index contributed by atoms with van der Waals surface area (Å²) in [5, 5.41) is -0.523. The fourth-order valence-corrected chi connectivity index (χ4v) is 7.62. The van der Waals surface area contributed by atoms with Crippen LogP contribution in [0.3, 0.4) is 0 Å². The second-order valence-electron chi connectivity index (χ2n) is 16.1. The van der Waals surface area contributed by atoms with Crippen molar-refractivity contribution < 1.29 is 119 Å². The van der Waals surface area contributed by atoms with Crippen molar-refractivity contribution in [1.29, 1.82) is 0 Å². The van der Waals surface area contributed by atoms with Crippen LogP contribution in [-0.4, -0.2) is 128 Å². The molecule has 3 aromatic rings. The van der Waals surface area contributed by atoms with Crippen LogP contribution in [-0.2, 0) is 90.6 Å². The molecule has 2 fully saturated rings. The molecule has 0 spiro atoms. The van der Waals surface area contributed by atoms with Gasteiger partial charge in [0.15, 0.2) is 54.1 Å². The van der Waals surface area contributed by atoms with Crippen LogP contribution in [0.15, 0.2) is 39.5 Å². The number of rotatable bonds is 16. The Hall–Kier alpha value is -7.97. The molecule has 2 aromatic carbocycles. The Kier molecular flexibility index (Phi) is 18.4. The minimum absolute atomic E-state index is 0.170. The molecule has 0 aliphatic carbocycles. The minimum atomic E-state index is -2.14. The molecule has 26 heteroatoms. The van der Waals surface area contributed by atoms with Gasteiger partial charge < -0.3 is 70.7 Å². The third-order valence-corrected chi connectivity index (χ3v) is 9.91. The standard InChI is InChI=1S/C47H50O26/c1-18-38(65-23(6)52)42(67-25(8)54)44(69-27(10)56)46(60-18)59-17-35-40(66-24(7)53)43(68-26(9)55)45(70-28(11)57)47(72-35)73-41-37(58)36-33(64-22(5)51)15-30(61-19(2)48)16-34(36)71-39(41)29-12-13-31(62-20(3)49)32(14-29)63-21(4)50/h12-16,18,35,38,40,42-47H,17H2,1-11H3/t18-,35-,38-,40-,42+,43+,44+,45-,46-,47+/m0/s1. The first-order valence-electron chi connectivity index (χ1n) is 21.9. The molecule has 73 heavy (non-hydrogen) atoms. The Morgan fingerprint density at radius 3 is 1.48 bits per heavy atom. The zero-order chi connectivity index (χ0) is 54.2. The maximum atomic E-state index is 15.1. The van der Waals surface area contributed by atoms with Gasteiger partial charge in [0.2, 0.25) is 23.6 Å². The van der Waals surface area contributed by atoms with Crippen molar-refractivity contribution in [3.63, 3.8) is 0 Å². The topological polar surface area (TPSA) is 330 Å². The lowest BCUT2D eigenvalue weighted by atomic mass is 9.97. The van der Waals surface area contributed by atoms with Crippen LogP contribution in [0.1, 0.15) is 76.2 Å². The van der Waals surface area contributed by atoms with Crippen LogP contribution in [0.5, 0.6) is 28.7 Å². The largest absolute Gasteiger partial charge is 0.456 e. The molecular weight excluding hydrogens is 980 g/mol.